The van der Waals surface area contributed by atoms with Gasteiger partial charge in [-0.15, -0.1) is 0 Å². The van der Waals surface area contributed by atoms with Crippen molar-refractivity contribution in [2.45, 2.75) is 26.2 Å². The van der Waals surface area contributed by atoms with Crippen molar-refractivity contribution in [3.8, 4) is 5.75 Å². The highest BCUT2D eigenvalue weighted by atomic mass is 16.5. The molecule has 3 nitrogen and oxygen atoms in total. The fraction of sp³-hybridized carbons (Fsp3) is 0.462. The zero-order valence-electron chi connectivity index (χ0n) is 9.86. The third-order valence-electron chi connectivity index (χ3n) is 2.26. The van der Waals surface area contributed by atoms with Crippen molar-refractivity contribution in [3.05, 3.63) is 29.8 Å². The van der Waals surface area contributed by atoms with Gasteiger partial charge in [0.05, 0.1) is 13.7 Å². The molecular weight excluding hydrogens is 204 g/mol. The molecule has 1 aromatic carbocycles. The average Bonchev–Trinajstić information content (AvgIpc) is 2.34. The van der Waals surface area contributed by atoms with Gasteiger partial charge >= 0.3 is 5.97 Å². The molecule has 0 saturated carbocycles. The van der Waals surface area contributed by atoms with Gasteiger partial charge in [0.1, 0.15) is 5.75 Å². The van der Waals surface area contributed by atoms with Crippen LogP contribution in [0, 0.1) is 0 Å². The Kier molecular flexibility index (Phi) is 5.40. The van der Waals surface area contributed by atoms with Gasteiger partial charge in [-0.1, -0.05) is 25.1 Å². The number of carbonyl (C=O) groups is 1. The van der Waals surface area contributed by atoms with Crippen LogP contribution in [0.3, 0.4) is 0 Å². The molecule has 0 aliphatic heterocycles. The molecule has 0 fully saturated rings. The summed E-state index contributed by atoms with van der Waals surface area (Å²) in [5.41, 5.74) is 1.04. The fourth-order valence-corrected chi connectivity index (χ4v) is 1.43. The first-order valence-corrected chi connectivity index (χ1v) is 5.55. The second kappa shape index (κ2) is 6.88. The van der Waals surface area contributed by atoms with Gasteiger partial charge in [-0.05, 0) is 24.5 Å². The number of aryl methyl sites for hydroxylation is 1. The van der Waals surface area contributed by atoms with Crippen LogP contribution in [0.4, 0.5) is 0 Å². The van der Waals surface area contributed by atoms with E-state index in [0.29, 0.717) is 19.4 Å². The predicted molar refractivity (Wildman–Crippen MR) is 62.6 cm³/mol. The summed E-state index contributed by atoms with van der Waals surface area (Å²) >= 11 is 0. The van der Waals surface area contributed by atoms with Crippen LogP contribution in [0.25, 0.3) is 0 Å². The third-order valence-corrected chi connectivity index (χ3v) is 2.26. The number of methoxy groups -OCH3 is 1. The minimum Gasteiger partial charge on any atom is -0.496 e. The number of ether oxygens (including phenoxy) is 2. The van der Waals surface area contributed by atoms with Crippen LogP contribution < -0.4 is 4.74 Å². The Morgan fingerprint density at radius 3 is 2.75 bits per heavy atom. The van der Waals surface area contributed by atoms with Crippen molar-refractivity contribution < 1.29 is 14.3 Å². The van der Waals surface area contributed by atoms with E-state index in [2.05, 4.69) is 0 Å². The number of carbonyl (C=O) groups excluding carboxylic acids is 1. The number of esters is 1. The topological polar surface area (TPSA) is 35.5 Å². The second-order valence-corrected chi connectivity index (χ2v) is 3.53. The van der Waals surface area contributed by atoms with E-state index in [1.54, 1.807) is 7.11 Å². The van der Waals surface area contributed by atoms with Crippen LogP contribution >= 0.6 is 0 Å². The highest BCUT2D eigenvalue weighted by Gasteiger charge is 2.06. The van der Waals surface area contributed by atoms with Gasteiger partial charge in [0.15, 0.2) is 0 Å². The van der Waals surface area contributed by atoms with E-state index >= 15 is 0 Å². The highest BCUT2D eigenvalue weighted by Crippen LogP contribution is 2.18. The summed E-state index contributed by atoms with van der Waals surface area (Å²) in [4.78, 5) is 11.3. The smallest absolute Gasteiger partial charge is 0.306 e. The summed E-state index contributed by atoms with van der Waals surface area (Å²) in [7, 11) is 1.63. The number of para-hydroxylation sites is 1. The van der Waals surface area contributed by atoms with E-state index in [0.717, 1.165) is 17.7 Å². The van der Waals surface area contributed by atoms with E-state index in [-0.39, 0.29) is 5.97 Å². The molecule has 0 atom stereocenters. The number of hydrogen-bond donors (Lipinski definition) is 0. The van der Waals surface area contributed by atoms with Gasteiger partial charge < -0.3 is 9.47 Å². The maximum absolute atomic E-state index is 11.3. The molecule has 0 N–H and O–H groups in total. The Hall–Kier alpha value is -1.51. The van der Waals surface area contributed by atoms with Crippen LogP contribution in [0.1, 0.15) is 25.3 Å². The molecule has 0 amide bonds. The van der Waals surface area contributed by atoms with Crippen molar-refractivity contribution in [2.24, 2.45) is 0 Å². The van der Waals surface area contributed by atoms with Crippen molar-refractivity contribution >= 4 is 5.97 Å². The largest absolute Gasteiger partial charge is 0.496 e. The molecule has 0 saturated heterocycles. The SMILES string of the molecule is CCCOC(=O)CCc1ccccc1OC. The van der Waals surface area contributed by atoms with Gasteiger partial charge in [-0.25, -0.2) is 0 Å². The van der Waals surface area contributed by atoms with Crippen molar-refractivity contribution in [2.75, 3.05) is 13.7 Å². The lowest BCUT2D eigenvalue weighted by atomic mass is 10.1. The summed E-state index contributed by atoms with van der Waals surface area (Å²) in [6, 6.07) is 7.71. The van der Waals surface area contributed by atoms with E-state index in [1.165, 1.54) is 0 Å². The van der Waals surface area contributed by atoms with Crippen molar-refractivity contribution in [3.63, 3.8) is 0 Å². The molecule has 0 spiro atoms. The average molecular weight is 222 g/mol. The van der Waals surface area contributed by atoms with Crippen LogP contribution in [-0.2, 0) is 16.0 Å². The molecule has 0 bridgehead atoms. The van der Waals surface area contributed by atoms with Gasteiger partial charge in [0.2, 0.25) is 0 Å². The molecule has 0 aliphatic carbocycles. The lowest BCUT2D eigenvalue weighted by Crippen LogP contribution is -2.06. The highest BCUT2D eigenvalue weighted by molar-refractivity contribution is 5.69. The first kappa shape index (κ1) is 12.6. The lowest BCUT2D eigenvalue weighted by molar-refractivity contribution is -0.143. The Bertz CT molecular complexity index is 334. The Morgan fingerprint density at radius 2 is 2.06 bits per heavy atom. The van der Waals surface area contributed by atoms with Gasteiger partial charge in [0.25, 0.3) is 0 Å². The van der Waals surface area contributed by atoms with Crippen LogP contribution in [0.5, 0.6) is 5.75 Å². The molecule has 1 rings (SSSR count). The quantitative estimate of drug-likeness (QED) is 0.694. The van der Waals surface area contributed by atoms with Crippen molar-refractivity contribution in [1.82, 2.24) is 0 Å². The molecule has 1 aromatic rings. The Labute approximate surface area is 96.4 Å². The molecule has 0 radical (unpaired) electrons. The Morgan fingerprint density at radius 1 is 1.31 bits per heavy atom. The minimum atomic E-state index is -0.146. The summed E-state index contributed by atoms with van der Waals surface area (Å²) < 4.78 is 10.2. The molecule has 0 unspecified atom stereocenters. The summed E-state index contributed by atoms with van der Waals surface area (Å²) in [6.07, 6.45) is 1.92. The molecule has 16 heavy (non-hydrogen) atoms. The van der Waals surface area contributed by atoms with Crippen molar-refractivity contribution in [1.29, 1.82) is 0 Å². The van der Waals surface area contributed by atoms with Crippen LogP contribution in [0.2, 0.25) is 0 Å². The van der Waals surface area contributed by atoms with Gasteiger partial charge in [0, 0.05) is 6.42 Å². The second-order valence-electron chi connectivity index (χ2n) is 3.53. The standard InChI is InChI=1S/C13H18O3/c1-3-10-16-13(14)9-8-11-6-4-5-7-12(11)15-2/h4-7H,3,8-10H2,1-2H3. The maximum atomic E-state index is 11.3. The molecular formula is C13H18O3. The minimum absolute atomic E-state index is 0.146. The molecule has 3 heteroatoms. The van der Waals surface area contributed by atoms with E-state index < -0.39 is 0 Å². The first-order chi connectivity index (χ1) is 7.77. The maximum Gasteiger partial charge on any atom is 0.306 e. The van der Waals surface area contributed by atoms with E-state index in [1.807, 2.05) is 31.2 Å². The zero-order chi connectivity index (χ0) is 11.8. The zero-order valence-corrected chi connectivity index (χ0v) is 9.86. The number of benzene rings is 1. The fourth-order valence-electron chi connectivity index (χ4n) is 1.43. The van der Waals surface area contributed by atoms with Gasteiger partial charge in [-0.3, -0.25) is 4.79 Å². The molecule has 0 heterocycles. The van der Waals surface area contributed by atoms with Gasteiger partial charge in [-0.2, -0.15) is 0 Å². The summed E-state index contributed by atoms with van der Waals surface area (Å²) in [5, 5.41) is 0. The predicted octanol–water partition coefficient (Wildman–Crippen LogP) is 2.58. The normalized spacial score (nSPS) is 9.88. The van der Waals surface area contributed by atoms with E-state index in [4.69, 9.17) is 9.47 Å². The summed E-state index contributed by atoms with van der Waals surface area (Å²) in [6.45, 7) is 2.48. The number of rotatable bonds is 6. The molecule has 0 aliphatic rings. The Balaban J connectivity index is 2.44. The van der Waals surface area contributed by atoms with Crippen LogP contribution in [-0.4, -0.2) is 19.7 Å². The van der Waals surface area contributed by atoms with E-state index in [9.17, 15) is 4.79 Å². The summed E-state index contributed by atoms with van der Waals surface area (Å²) in [5.74, 6) is 0.679. The van der Waals surface area contributed by atoms with Crippen LogP contribution in [0.15, 0.2) is 24.3 Å². The lowest BCUT2D eigenvalue weighted by Gasteiger charge is -2.07. The third kappa shape index (κ3) is 3.93. The molecule has 88 valence electrons. The first-order valence-electron chi connectivity index (χ1n) is 5.55. The monoisotopic (exact) mass is 222 g/mol. The number of hydrogen-bond acceptors (Lipinski definition) is 3. The molecule has 0 aromatic heterocycles.